The molecule has 1 aliphatic heterocycles. The smallest absolute Gasteiger partial charge is 0.330 e. The lowest BCUT2D eigenvalue weighted by atomic mass is 10.1. The first kappa shape index (κ1) is 26.2. The number of nitrogens with two attached hydrogens (primary N) is 1. The number of hydrogen-bond donors (Lipinski definition) is 4. The molecule has 0 radical (unpaired) electrons. The fourth-order valence-electron chi connectivity index (χ4n) is 3.41. The maximum Gasteiger partial charge on any atom is 0.330 e. The fourth-order valence-corrected chi connectivity index (χ4v) is 3.41. The fraction of sp³-hybridized carbons (Fsp3) is 0.391. The number of hydrogen-bond acceptors (Lipinski definition) is 7. The van der Waals surface area contributed by atoms with Crippen LogP contribution in [0.15, 0.2) is 42.5 Å². The van der Waals surface area contributed by atoms with E-state index < -0.39 is 12.0 Å². The van der Waals surface area contributed by atoms with Crippen LogP contribution in [-0.4, -0.2) is 67.9 Å². The lowest BCUT2D eigenvalue weighted by Crippen LogP contribution is -2.38. The van der Waals surface area contributed by atoms with Gasteiger partial charge in [-0.25, -0.2) is 4.79 Å². The maximum atomic E-state index is 12.1. The van der Waals surface area contributed by atoms with E-state index in [4.69, 9.17) is 25.4 Å². The monoisotopic (exact) mass is 478 g/mol. The number of aliphatic carboxylic acids is 1. The normalized spacial score (nSPS) is 14.6. The van der Waals surface area contributed by atoms with Crippen molar-refractivity contribution < 1.29 is 24.1 Å². The molecule has 0 amide bonds. The molecule has 1 heterocycles. The number of nitrogen functional groups attached to an aromatic ring is 1. The van der Waals surface area contributed by atoms with E-state index in [-0.39, 0.29) is 18.2 Å². The number of ether oxygens (including phenoxy) is 3. The van der Waals surface area contributed by atoms with Crippen molar-refractivity contribution in [3.63, 3.8) is 0 Å². The molecule has 1 aliphatic rings. The molecule has 1 fully saturated rings. The van der Waals surface area contributed by atoms with Crippen LogP contribution in [0.1, 0.15) is 24.1 Å². The molecule has 1 atom stereocenters. The molecule has 1 saturated heterocycles. The Labute approximate surface area is 199 Å². The number of halogens is 1. The highest BCUT2D eigenvalue weighted by Gasteiger charge is 2.22. The van der Waals surface area contributed by atoms with Gasteiger partial charge in [0.05, 0.1) is 19.8 Å². The Bertz CT molecular complexity index is 920. The number of benzene rings is 2. The van der Waals surface area contributed by atoms with E-state index >= 15 is 0 Å². The number of nitrogens with zero attached hydrogens (tertiary/aromatic N) is 1. The summed E-state index contributed by atoms with van der Waals surface area (Å²) in [6, 6.07) is 10.9. The lowest BCUT2D eigenvalue weighted by molar-refractivity contribution is -0.138. The number of carboxylic acids is 1. The van der Waals surface area contributed by atoms with Crippen LogP contribution >= 0.6 is 12.4 Å². The highest BCUT2D eigenvalue weighted by atomic mass is 35.5. The highest BCUT2D eigenvalue weighted by molar-refractivity contribution is 5.95. The van der Waals surface area contributed by atoms with Crippen LogP contribution in [0.3, 0.4) is 0 Å². The quantitative estimate of drug-likeness (QED) is 0.286. The summed E-state index contributed by atoms with van der Waals surface area (Å²) in [5.74, 6) is 0.0220. The second-order valence-corrected chi connectivity index (χ2v) is 7.38. The summed E-state index contributed by atoms with van der Waals surface area (Å²) in [5, 5.41) is 20.4. The molecule has 0 spiro atoms. The zero-order valence-electron chi connectivity index (χ0n) is 18.6. The average molecular weight is 479 g/mol. The second-order valence-electron chi connectivity index (χ2n) is 7.38. The van der Waals surface area contributed by atoms with Crippen molar-refractivity contribution in [1.29, 1.82) is 5.41 Å². The Balaban J connectivity index is 0.00000385. The zero-order chi connectivity index (χ0) is 22.9. The van der Waals surface area contributed by atoms with Gasteiger partial charge in [-0.2, -0.15) is 0 Å². The van der Waals surface area contributed by atoms with Crippen molar-refractivity contribution in [2.45, 2.75) is 13.0 Å². The number of nitrogens with one attached hydrogen (secondary N) is 2. The number of anilines is 1. The summed E-state index contributed by atoms with van der Waals surface area (Å²) in [7, 11) is 0. The van der Waals surface area contributed by atoms with Gasteiger partial charge in [0.2, 0.25) is 0 Å². The van der Waals surface area contributed by atoms with Crippen molar-refractivity contribution >= 4 is 29.9 Å². The summed E-state index contributed by atoms with van der Waals surface area (Å²) in [6.45, 7) is 6.77. The van der Waals surface area contributed by atoms with Crippen LogP contribution in [0.4, 0.5) is 5.69 Å². The Hall–Kier alpha value is -3.01. The standard InChI is InChI=1S/C23H30N4O5.ClH/c1-2-31-19-13-17(14-20(15-19)32-12-9-27-7-10-30-11-8-27)21(23(28)29)26-18-5-3-16(4-6-18)22(24)25;/h3-6,13-15,21,26H,2,7-12H2,1H3,(H3,24,25)(H,28,29);1H. The Morgan fingerprint density at radius 3 is 2.39 bits per heavy atom. The lowest BCUT2D eigenvalue weighted by Gasteiger charge is -2.26. The predicted molar refractivity (Wildman–Crippen MR) is 129 cm³/mol. The van der Waals surface area contributed by atoms with E-state index in [2.05, 4.69) is 10.2 Å². The molecule has 5 N–H and O–H groups in total. The van der Waals surface area contributed by atoms with Crippen LogP contribution in [0.2, 0.25) is 0 Å². The van der Waals surface area contributed by atoms with E-state index in [9.17, 15) is 9.90 Å². The molecule has 1 unspecified atom stereocenters. The Morgan fingerprint density at radius 2 is 1.82 bits per heavy atom. The van der Waals surface area contributed by atoms with Crippen molar-refractivity contribution in [3.8, 4) is 11.5 Å². The molecule has 2 aromatic carbocycles. The van der Waals surface area contributed by atoms with E-state index in [0.717, 1.165) is 32.8 Å². The predicted octanol–water partition coefficient (Wildman–Crippen LogP) is 2.74. The summed E-state index contributed by atoms with van der Waals surface area (Å²) < 4.78 is 16.9. The largest absolute Gasteiger partial charge is 0.494 e. The summed E-state index contributed by atoms with van der Waals surface area (Å²) >= 11 is 0. The minimum atomic E-state index is -1.03. The van der Waals surface area contributed by atoms with Crippen molar-refractivity contribution in [3.05, 3.63) is 53.6 Å². The van der Waals surface area contributed by atoms with Gasteiger partial charge in [-0.3, -0.25) is 10.3 Å². The van der Waals surface area contributed by atoms with Crippen LogP contribution in [0.5, 0.6) is 11.5 Å². The minimum absolute atomic E-state index is 0. The third-order valence-electron chi connectivity index (χ3n) is 5.08. The van der Waals surface area contributed by atoms with E-state index in [1.54, 1.807) is 42.5 Å². The molecule has 0 saturated carbocycles. The van der Waals surface area contributed by atoms with Gasteiger partial charge in [-0.05, 0) is 48.9 Å². The molecular formula is C23H31ClN4O5. The summed E-state index contributed by atoms with van der Waals surface area (Å²) in [6.07, 6.45) is 0. The SMILES string of the molecule is CCOc1cc(OCCN2CCOCC2)cc(C(Nc2ccc(C(=N)N)cc2)C(=O)O)c1.Cl. The van der Waals surface area contributed by atoms with Gasteiger partial charge in [-0.15, -0.1) is 12.4 Å². The van der Waals surface area contributed by atoms with Crippen LogP contribution in [0.25, 0.3) is 0 Å². The molecule has 0 bridgehead atoms. The number of carboxylic acid groups (broad SMARTS) is 1. The molecular weight excluding hydrogens is 448 g/mol. The van der Waals surface area contributed by atoms with Crippen LogP contribution in [0, 0.1) is 5.41 Å². The zero-order valence-corrected chi connectivity index (χ0v) is 19.4. The number of amidine groups is 1. The topological polar surface area (TPSA) is 130 Å². The van der Waals surface area contributed by atoms with Gasteiger partial charge in [0.1, 0.15) is 23.9 Å². The van der Waals surface area contributed by atoms with Crippen LogP contribution in [-0.2, 0) is 9.53 Å². The Morgan fingerprint density at radius 1 is 1.18 bits per heavy atom. The number of carbonyl (C=O) groups is 1. The average Bonchev–Trinajstić information content (AvgIpc) is 2.78. The molecule has 0 aromatic heterocycles. The van der Waals surface area contributed by atoms with Gasteiger partial charge in [0.25, 0.3) is 0 Å². The van der Waals surface area contributed by atoms with E-state index in [1.807, 2.05) is 6.92 Å². The van der Waals surface area contributed by atoms with Gasteiger partial charge < -0.3 is 30.4 Å². The molecule has 9 nitrogen and oxygen atoms in total. The molecule has 180 valence electrons. The van der Waals surface area contributed by atoms with E-state index in [1.165, 1.54) is 0 Å². The van der Waals surface area contributed by atoms with Gasteiger partial charge in [-0.1, -0.05) is 0 Å². The molecule has 2 aromatic rings. The maximum absolute atomic E-state index is 12.1. The number of rotatable bonds is 11. The third-order valence-corrected chi connectivity index (χ3v) is 5.08. The van der Waals surface area contributed by atoms with Gasteiger partial charge in [0, 0.05) is 37.0 Å². The van der Waals surface area contributed by atoms with Crippen molar-refractivity contribution in [2.24, 2.45) is 5.73 Å². The Kier molecular flexibility index (Phi) is 10.2. The van der Waals surface area contributed by atoms with Gasteiger partial charge >= 0.3 is 5.97 Å². The minimum Gasteiger partial charge on any atom is -0.494 e. The first-order chi connectivity index (χ1) is 15.5. The second kappa shape index (κ2) is 12.9. The summed E-state index contributed by atoms with van der Waals surface area (Å²) in [5.41, 5.74) is 7.16. The highest BCUT2D eigenvalue weighted by Crippen LogP contribution is 2.29. The van der Waals surface area contributed by atoms with Gasteiger partial charge in [0.15, 0.2) is 6.04 Å². The summed E-state index contributed by atoms with van der Waals surface area (Å²) in [4.78, 5) is 14.3. The molecule has 10 heteroatoms. The van der Waals surface area contributed by atoms with Crippen molar-refractivity contribution in [2.75, 3.05) is 51.4 Å². The first-order valence-electron chi connectivity index (χ1n) is 10.6. The molecule has 3 rings (SSSR count). The van der Waals surface area contributed by atoms with Crippen molar-refractivity contribution in [1.82, 2.24) is 4.90 Å². The molecule has 0 aliphatic carbocycles. The number of morpholine rings is 1. The van der Waals surface area contributed by atoms with E-state index in [0.29, 0.717) is 41.5 Å². The molecule has 33 heavy (non-hydrogen) atoms. The third kappa shape index (κ3) is 7.81. The first-order valence-corrected chi connectivity index (χ1v) is 10.6. The van der Waals surface area contributed by atoms with Crippen LogP contribution < -0.4 is 20.5 Å².